The first kappa shape index (κ1) is 8.31. The Hall–Kier alpha value is -0.790. The molecule has 0 aliphatic heterocycles. The summed E-state index contributed by atoms with van der Waals surface area (Å²) in [6.45, 7) is 4.29. The standard InChI is InChI=1S/C9H16N2/c1-4-5-6-9-8(2)10-7-11(9)3/h7H,4-6H2,1-3H3. The fraction of sp³-hybridized carbons (Fsp3) is 0.667. The number of hydrogen-bond acceptors (Lipinski definition) is 1. The van der Waals surface area contributed by atoms with E-state index in [1.165, 1.54) is 30.7 Å². The van der Waals surface area contributed by atoms with Crippen LogP contribution in [0.4, 0.5) is 0 Å². The van der Waals surface area contributed by atoms with Crippen LogP contribution in [0.5, 0.6) is 0 Å². The third-order valence-corrected chi connectivity index (χ3v) is 2.04. The van der Waals surface area contributed by atoms with Crippen LogP contribution in [0.25, 0.3) is 0 Å². The maximum absolute atomic E-state index is 4.23. The predicted molar refractivity (Wildman–Crippen MR) is 46.6 cm³/mol. The van der Waals surface area contributed by atoms with E-state index < -0.39 is 0 Å². The molecule has 1 aromatic rings. The number of rotatable bonds is 3. The maximum Gasteiger partial charge on any atom is 0.0948 e. The van der Waals surface area contributed by atoms with Crippen molar-refractivity contribution in [1.82, 2.24) is 9.55 Å². The Morgan fingerprint density at radius 2 is 2.27 bits per heavy atom. The average molecular weight is 152 g/mol. The molecule has 1 heterocycles. The lowest BCUT2D eigenvalue weighted by molar-refractivity contribution is 0.729. The number of imidazole rings is 1. The van der Waals surface area contributed by atoms with E-state index >= 15 is 0 Å². The van der Waals surface area contributed by atoms with Gasteiger partial charge in [0.15, 0.2) is 0 Å². The summed E-state index contributed by atoms with van der Waals surface area (Å²) in [6, 6.07) is 0. The van der Waals surface area contributed by atoms with Gasteiger partial charge in [0.2, 0.25) is 0 Å². The lowest BCUT2D eigenvalue weighted by atomic mass is 10.2. The highest BCUT2D eigenvalue weighted by Crippen LogP contribution is 2.08. The summed E-state index contributed by atoms with van der Waals surface area (Å²) in [6.07, 6.45) is 5.57. The van der Waals surface area contributed by atoms with Crippen molar-refractivity contribution in [3.05, 3.63) is 17.7 Å². The van der Waals surface area contributed by atoms with Gasteiger partial charge in [-0.15, -0.1) is 0 Å². The molecule has 1 aromatic heterocycles. The van der Waals surface area contributed by atoms with Crippen molar-refractivity contribution in [3.63, 3.8) is 0 Å². The largest absolute Gasteiger partial charge is 0.337 e. The van der Waals surface area contributed by atoms with E-state index in [1.807, 2.05) is 6.33 Å². The van der Waals surface area contributed by atoms with Crippen molar-refractivity contribution in [2.24, 2.45) is 7.05 Å². The molecule has 0 N–H and O–H groups in total. The highest BCUT2D eigenvalue weighted by atomic mass is 15.0. The van der Waals surface area contributed by atoms with Crippen LogP contribution in [-0.2, 0) is 13.5 Å². The van der Waals surface area contributed by atoms with E-state index in [2.05, 4.69) is 30.4 Å². The van der Waals surface area contributed by atoms with Gasteiger partial charge in [-0.05, 0) is 19.8 Å². The minimum absolute atomic E-state index is 1.17. The van der Waals surface area contributed by atoms with Gasteiger partial charge in [-0.2, -0.15) is 0 Å². The third kappa shape index (κ3) is 1.82. The van der Waals surface area contributed by atoms with Crippen molar-refractivity contribution in [2.75, 3.05) is 0 Å². The van der Waals surface area contributed by atoms with E-state index in [9.17, 15) is 0 Å². The summed E-state index contributed by atoms with van der Waals surface area (Å²) in [5.74, 6) is 0. The van der Waals surface area contributed by atoms with E-state index in [1.54, 1.807) is 0 Å². The first-order valence-electron chi connectivity index (χ1n) is 4.22. The Morgan fingerprint density at radius 3 is 2.73 bits per heavy atom. The second-order valence-corrected chi connectivity index (χ2v) is 2.99. The van der Waals surface area contributed by atoms with Crippen molar-refractivity contribution in [2.45, 2.75) is 33.1 Å². The Bertz CT molecular complexity index is 206. The van der Waals surface area contributed by atoms with Gasteiger partial charge >= 0.3 is 0 Å². The molecule has 0 saturated heterocycles. The summed E-state index contributed by atoms with van der Waals surface area (Å²) in [4.78, 5) is 4.23. The molecule has 0 unspecified atom stereocenters. The van der Waals surface area contributed by atoms with Crippen molar-refractivity contribution >= 4 is 0 Å². The molecule has 0 bridgehead atoms. The van der Waals surface area contributed by atoms with Crippen molar-refractivity contribution in [1.29, 1.82) is 0 Å². The second-order valence-electron chi connectivity index (χ2n) is 2.99. The Kier molecular flexibility index (Phi) is 2.69. The van der Waals surface area contributed by atoms with Crippen LogP contribution >= 0.6 is 0 Å². The fourth-order valence-corrected chi connectivity index (χ4v) is 1.27. The highest BCUT2D eigenvalue weighted by Gasteiger charge is 2.01. The normalized spacial score (nSPS) is 10.5. The minimum Gasteiger partial charge on any atom is -0.337 e. The molecule has 0 fully saturated rings. The molecule has 0 aliphatic carbocycles. The molecule has 62 valence electrons. The van der Waals surface area contributed by atoms with E-state index in [0.29, 0.717) is 0 Å². The van der Waals surface area contributed by atoms with Crippen LogP contribution in [0.1, 0.15) is 31.2 Å². The Morgan fingerprint density at radius 1 is 1.55 bits per heavy atom. The first-order valence-corrected chi connectivity index (χ1v) is 4.22. The van der Waals surface area contributed by atoms with Crippen molar-refractivity contribution in [3.8, 4) is 0 Å². The summed E-state index contributed by atoms with van der Waals surface area (Å²) >= 11 is 0. The monoisotopic (exact) mass is 152 g/mol. The number of aromatic nitrogens is 2. The molecule has 2 nitrogen and oxygen atoms in total. The summed E-state index contributed by atoms with van der Waals surface area (Å²) in [7, 11) is 2.06. The SMILES string of the molecule is CCCCc1c(C)ncn1C. The number of aryl methyl sites for hydroxylation is 2. The number of hydrogen-bond donors (Lipinski definition) is 0. The molecule has 0 radical (unpaired) electrons. The fourth-order valence-electron chi connectivity index (χ4n) is 1.27. The van der Waals surface area contributed by atoms with Gasteiger partial charge in [0, 0.05) is 12.7 Å². The molecular weight excluding hydrogens is 136 g/mol. The molecule has 0 aliphatic rings. The molecular formula is C9H16N2. The van der Waals surface area contributed by atoms with Gasteiger partial charge in [-0.3, -0.25) is 0 Å². The second kappa shape index (κ2) is 3.56. The third-order valence-electron chi connectivity index (χ3n) is 2.04. The Labute approximate surface area is 68.3 Å². The summed E-state index contributed by atoms with van der Waals surface area (Å²) < 4.78 is 2.12. The molecule has 0 atom stereocenters. The lowest BCUT2D eigenvalue weighted by Gasteiger charge is -2.01. The molecule has 0 spiro atoms. The zero-order chi connectivity index (χ0) is 8.27. The average Bonchev–Trinajstić information content (AvgIpc) is 2.29. The van der Waals surface area contributed by atoms with Gasteiger partial charge in [0.1, 0.15) is 0 Å². The minimum atomic E-state index is 1.17. The van der Waals surface area contributed by atoms with E-state index in [-0.39, 0.29) is 0 Å². The van der Waals surface area contributed by atoms with Gasteiger partial charge in [-0.1, -0.05) is 13.3 Å². The van der Waals surface area contributed by atoms with Crippen LogP contribution in [0, 0.1) is 6.92 Å². The van der Waals surface area contributed by atoms with Crippen LogP contribution in [0.15, 0.2) is 6.33 Å². The van der Waals surface area contributed by atoms with Gasteiger partial charge in [-0.25, -0.2) is 4.98 Å². The van der Waals surface area contributed by atoms with Crippen LogP contribution < -0.4 is 0 Å². The van der Waals surface area contributed by atoms with Crippen LogP contribution in [0.2, 0.25) is 0 Å². The predicted octanol–water partition coefficient (Wildman–Crippen LogP) is 2.07. The number of unbranched alkanes of at least 4 members (excludes halogenated alkanes) is 1. The van der Waals surface area contributed by atoms with Crippen LogP contribution in [0.3, 0.4) is 0 Å². The number of nitrogens with zero attached hydrogens (tertiary/aromatic N) is 2. The smallest absolute Gasteiger partial charge is 0.0948 e. The first-order chi connectivity index (χ1) is 5.25. The zero-order valence-corrected chi connectivity index (χ0v) is 7.59. The van der Waals surface area contributed by atoms with Gasteiger partial charge in [0.25, 0.3) is 0 Å². The zero-order valence-electron chi connectivity index (χ0n) is 7.59. The highest BCUT2D eigenvalue weighted by molar-refractivity contribution is 5.10. The molecule has 0 amide bonds. The molecule has 11 heavy (non-hydrogen) atoms. The molecule has 0 saturated carbocycles. The molecule has 1 rings (SSSR count). The topological polar surface area (TPSA) is 17.8 Å². The molecule has 2 heteroatoms. The maximum atomic E-state index is 4.23. The lowest BCUT2D eigenvalue weighted by Crippen LogP contribution is -1.96. The Balaban J connectivity index is 2.67. The molecule has 0 aromatic carbocycles. The van der Waals surface area contributed by atoms with Gasteiger partial charge < -0.3 is 4.57 Å². The quantitative estimate of drug-likeness (QED) is 0.648. The summed E-state index contributed by atoms with van der Waals surface area (Å²) in [5.41, 5.74) is 2.56. The van der Waals surface area contributed by atoms with Crippen LogP contribution in [-0.4, -0.2) is 9.55 Å². The van der Waals surface area contributed by atoms with E-state index in [4.69, 9.17) is 0 Å². The summed E-state index contributed by atoms with van der Waals surface area (Å²) in [5, 5.41) is 0. The van der Waals surface area contributed by atoms with Gasteiger partial charge in [0.05, 0.1) is 12.0 Å². The van der Waals surface area contributed by atoms with E-state index in [0.717, 1.165) is 0 Å². The van der Waals surface area contributed by atoms with Crippen molar-refractivity contribution < 1.29 is 0 Å².